The SMILES string of the molecule is Cc1cncc(-c2nnc(-c3ccc(C#N)s3)o2)c1. The van der Waals surface area contributed by atoms with Gasteiger partial charge in [-0.3, -0.25) is 4.98 Å². The normalized spacial score (nSPS) is 10.3. The van der Waals surface area contributed by atoms with Crippen LogP contribution in [-0.4, -0.2) is 15.2 Å². The fourth-order valence-electron chi connectivity index (χ4n) is 1.62. The summed E-state index contributed by atoms with van der Waals surface area (Å²) >= 11 is 1.32. The molecule has 0 fully saturated rings. The van der Waals surface area contributed by atoms with Gasteiger partial charge in [-0.2, -0.15) is 5.26 Å². The summed E-state index contributed by atoms with van der Waals surface area (Å²) in [7, 11) is 0. The van der Waals surface area contributed by atoms with Crippen LogP contribution in [0.15, 0.2) is 35.0 Å². The topological polar surface area (TPSA) is 75.6 Å². The van der Waals surface area contributed by atoms with E-state index < -0.39 is 0 Å². The molecular weight excluding hydrogens is 260 g/mol. The number of hydrogen-bond acceptors (Lipinski definition) is 6. The Morgan fingerprint density at radius 2 is 2.05 bits per heavy atom. The number of nitriles is 1. The van der Waals surface area contributed by atoms with Gasteiger partial charge in [-0.15, -0.1) is 21.5 Å². The van der Waals surface area contributed by atoms with Crippen molar-refractivity contribution in [2.75, 3.05) is 0 Å². The molecule has 0 bridgehead atoms. The van der Waals surface area contributed by atoms with E-state index in [2.05, 4.69) is 21.3 Å². The van der Waals surface area contributed by atoms with Crippen molar-refractivity contribution in [3.05, 3.63) is 41.0 Å². The summed E-state index contributed by atoms with van der Waals surface area (Å²) in [6.45, 7) is 1.95. The molecule has 6 heteroatoms. The number of pyridine rings is 1. The van der Waals surface area contributed by atoms with E-state index in [4.69, 9.17) is 9.68 Å². The second kappa shape index (κ2) is 4.63. The number of thiophene rings is 1. The second-order valence-electron chi connectivity index (χ2n) is 3.94. The van der Waals surface area contributed by atoms with Crippen LogP contribution in [0.3, 0.4) is 0 Å². The molecule has 0 aliphatic carbocycles. The number of nitrogens with zero attached hydrogens (tertiary/aromatic N) is 4. The Morgan fingerprint density at radius 3 is 2.79 bits per heavy atom. The summed E-state index contributed by atoms with van der Waals surface area (Å²) in [4.78, 5) is 5.50. The first-order valence-electron chi connectivity index (χ1n) is 5.52. The van der Waals surface area contributed by atoms with Gasteiger partial charge < -0.3 is 4.42 Å². The molecule has 19 heavy (non-hydrogen) atoms. The van der Waals surface area contributed by atoms with Crippen molar-refractivity contribution < 1.29 is 4.42 Å². The van der Waals surface area contributed by atoms with E-state index in [-0.39, 0.29) is 0 Å². The number of hydrogen-bond donors (Lipinski definition) is 0. The Morgan fingerprint density at radius 1 is 1.21 bits per heavy atom. The summed E-state index contributed by atoms with van der Waals surface area (Å²) in [6, 6.07) is 7.55. The summed E-state index contributed by atoms with van der Waals surface area (Å²) in [5, 5.41) is 16.8. The highest BCUT2D eigenvalue weighted by atomic mass is 32.1. The Labute approximate surface area is 113 Å². The first-order chi connectivity index (χ1) is 9.26. The van der Waals surface area contributed by atoms with Crippen molar-refractivity contribution in [3.63, 3.8) is 0 Å². The average molecular weight is 268 g/mol. The molecule has 3 aromatic rings. The van der Waals surface area contributed by atoms with Gasteiger partial charge in [0.25, 0.3) is 5.89 Å². The zero-order valence-corrected chi connectivity index (χ0v) is 10.8. The van der Waals surface area contributed by atoms with E-state index >= 15 is 0 Å². The molecule has 0 aliphatic heterocycles. The molecule has 0 amide bonds. The fourth-order valence-corrected chi connectivity index (χ4v) is 2.35. The van der Waals surface area contributed by atoms with Gasteiger partial charge in [-0.05, 0) is 30.7 Å². The number of aromatic nitrogens is 3. The van der Waals surface area contributed by atoms with Crippen molar-refractivity contribution >= 4 is 11.3 Å². The minimum atomic E-state index is 0.419. The molecule has 0 radical (unpaired) electrons. The largest absolute Gasteiger partial charge is 0.415 e. The van der Waals surface area contributed by atoms with Gasteiger partial charge in [0, 0.05) is 12.4 Å². The van der Waals surface area contributed by atoms with Crippen LogP contribution in [0.2, 0.25) is 0 Å². The third-order valence-corrected chi connectivity index (χ3v) is 3.45. The van der Waals surface area contributed by atoms with Gasteiger partial charge in [0.1, 0.15) is 10.9 Å². The zero-order valence-electron chi connectivity index (χ0n) is 9.99. The van der Waals surface area contributed by atoms with Gasteiger partial charge in [-0.25, -0.2) is 0 Å². The van der Waals surface area contributed by atoms with Crippen LogP contribution in [0.5, 0.6) is 0 Å². The molecule has 0 saturated carbocycles. The maximum absolute atomic E-state index is 8.80. The van der Waals surface area contributed by atoms with E-state index in [1.165, 1.54) is 11.3 Å². The molecular formula is C13H8N4OS. The second-order valence-corrected chi connectivity index (χ2v) is 5.02. The quantitative estimate of drug-likeness (QED) is 0.714. The fraction of sp³-hybridized carbons (Fsp3) is 0.0769. The van der Waals surface area contributed by atoms with E-state index in [1.54, 1.807) is 24.5 Å². The van der Waals surface area contributed by atoms with Crippen molar-refractivity contribution in [2.24, 2.45) is 0 Å². The highest BCUT2D eigenvalue weighted by Gasteiger charge is 2.12. The molecule has 3 rings (SSSR count). The Kier molecular flexibility index (Phi) is 2.82. The molecule has 0 spiro atoms. The van der Waals surface area contributed by atoms with Crippen LogP contribution in [0, 0.1) is 18.3 Å². The molecule has 3 aromatic heterocycles. The third kappa shape index (κ3) is 2.23. The average Bonchev–Trinajstić information content (AvgIpc) is 3.07. The first-order valence-corrected chi connectivity index (χ1v) is 6.34. The Balaban J connectivity index is 1.97. The molecule has 0 aromatic carbocycles. The first kappa shape index (κ1) is 11.6. The standard InChI is InChI=1S/C13H8N4OS/c1-8-4-9(7-15-6-8)12-16-17-13(18-12)11-3-2-10(5-14)19-11/h2-4,6-7H,1H3. The zero-order chi connectivity index (χ0) is 13.2. The molecule has 3 heterocycles. The lowest BCUT2D eigenvalue weighted by atomic mass is 10.2. The Bertz CT molecular complexity index is 769. The lowest BCUT2D eigenvalue weighted by molar-refractivity contribution is 0.585. The summed E-state index contributed by atoms with van der Waals surface area (Å²) in [6.07, 6.45) is 3.44. The van der Waals surface area contributed by atoms with Crippen molar-refractivity contribution in [2.45, 2.75) is 6.92 Å². The highest BCUT2D eigenvalue weighted by molar-refractivity contribution is 7.15. The van der Waals surface area contributed by atoms with Crippen LogP contribution in [-0.2, 0) is 0 Å². The van der Waals surface area contributed by atoms with E-state index in [0.717, 1.165) is 16.0 Å². The van der Waals surface area contributed by atoms with Crippen LogP contribution < -0.4 is 0 Å². The molecule has 0 unspecified atom stereocenters. The minimum Gasteiger partial charge on any atom is -0.415 e. The summed E-state index contributed by atoms with van der Waals surface area (Å²) in [5.41, 5.74) is 1.82. The van der Waals surface area contributed by atoms with Gasteiger partial charge in [0.15, 0.2) is 0 Å². The summed E-state index contributed by atoms with van der Waals surface area (Å²) < 4.78 is 5.61. The van der Waals surface area contributed by atoms with E-state index in [9.17, 15) is 0 Å². The number of rotatable bonds is 2. The monoisotopic (exact) mass is 268 g/mol. The summed E-state index contributed by atoms with van der Waals surface area (Å²) in [5.74, 6) is 0.848. The maximum Gasteiger partial charge on any atom is 0.258 e. The predicted molar refractivity (Wildman–Crippen MR) is 70.3 cm³/mol. The lowest BCUT2D eigenvalue weighted by Gasteiger charge is -1.94. The van der Waals surface area contributed by atoms with Crippen LogP contribution >= 0.6 is 11.3 Å². The van der Waals surface area contributed by atoms with Crippen LogP contribution in [0.25, 0.3) is 22.2 Å². The molecule has 5 nitrogen and oxygen atoms in total. The smallest absolute Gasteiger partial charge is 0.258 e. The maximum atomic E-state index is 8.80. The van der Waals surface area contributed by atoms with Gasteiger partial charge in [0.2, 0.25) is 5.89 Å². The molecule has 0 N–H and O–H groups in total. The minimum absolute atomic E-state index is 0.419. The molecule has 0 saturated heterocycles. The predicted octanol–water partition coefficient (Wildman–Crippen LogP) is 3.04. The van der Waals surface area contributed by atoms with Gasteiger partial charge >= 0.3 is 0 Å². The van der Waals surface area contributed by atoms with Crippen molar-refractivity contribution in [3.8, 4) is 28.3 Å². The van der Waals surface area contributed by atoms with Crippen molar-refractivity contribution in [1.82, 2.24) is 15.2 Å². The molecule has 0 aliphatic rings. The van der Waals surface area contributed by atoms with E-state index in [1.807, 2.05) is 13.0 Å². The lowest BCUT2D eigenvalue weighted by Crippen LogP contribution is -1.81. The van der Waals surface area contributed by atoms with Crippen molar-refractivity contribution in [1.29, 1.82) is 5.26 Å². The van der Waals surface area contributed by atoms with Crippen LogP contribution in [0.4, 0.5) is 0 Å². The number of aryl methyl sites for hydroxylation is 1. The van der Waals surface area contributed by atoms with E-state index in [0.29, 0.717) is 16.7 Å². The molecule has 92 valence electrons. The highest BCUT2D eigenvalue weighted by Crippen LogP contribution is 2.29. The Hall–Kier alpha value is -2.52. The van der Waals surface area contributed by atoms with Gasteiger partial charge in [-0.1, -0.05) is 0 Å². The third-order valence-electron chi connectivity index (χ3n) is 2.47. The van der Waals surface area contributed by atoms with Crippen LogP contribution in [0.1, 0.15) is 10.4 Å². The van der Waals surface area contributed by atoms with Gasteiger partial charge in [0.05, 0.1) is 10.4 Å². The molecule has 0 atom stereocenters.